The number of fused-ring (bicyclic) bond motifs is 5. The van der Waals surface area contributed by atoms with Crippen LogP contribution in [0.2, 0.25) is 40.2 Å². The van der Waals surface area contributed by atoms with Crippen molar-refractivity contribution in [1.82, 2.24) is 75.9 Å². The van der Waals surface area contributed by atoms with E-state index in [-0.39, 0.29) is 94.2 Å². The number of pyridine rings is 9. The number of aromatic hydroxyl groups is 4. The summed E-state index contributed by atoms with van der Waals surface area (Å²) in [6.45, 7) is 6.49. The number of Topliss-reactive ketones (excluding diaryl/α,β-unsaturated/α-hetero) is 1. The number of nitrogen functional groups attached to an aromatic ring is 1. The number of rotatable bonds is 18. The van der Waals surface area contributed by atoms with Gasteiger partial charge in [0.2, 0.25) is 5.78 Å². The third-order valence-electron chi connectivity index (χ3n) is 20.0. The first kappa shape index (κ1) is 108. The molecule has 10 heterocycles. The van der Waals surface area contributed by atoms with Crippen molar-refractivity contribution in [3.8, 4) is 23.0 Å². The van der Waals surface area contributed by atoms with Gasteiger partial charge in [0.15, 0.2) is 51.5 Å². The number of carboxylic acid groups (broad SMARTS) is 1. The molecule has 0 saturated carbocycles. The normalized spacial score (nSPS) is 11.1. The molecule has 42 heteroatoms. The molecule has 7 aromatic carbocycles. The molecule has 9 aromatic heterocycles. The number of anilines is 3. The van der Waals surface area contributed by atoms with Crippen molar-refractivity contribution >= 4 is 229 Å². The summed E-state index contributed by atoms with van der Waals surface area (Å²) >= 11 is 51.1. The molecule has 16 aromatic rings. The van der Waals surface area contributed by atoms with Gasteiger partial charge < -0.3 is 72.4 Å². The zero-order valence-electron chi connectivity index (χ0n) is 76.1. The van der Waals surface area contributed by atoms with E-state index in [0.29, 0.717) is 94.3 Å². The lowest BCUT2D eigenvalue weighted by Crippen LogP contribution is -2.35. The number of likely N-dealkylation sites (N-methyl/N-ethyl adjacent to an activating group) is 2. The molecule has 12 N–H and O–H groups in total. The van der Waals surface area contributed by atoms with E-state index in [1.165, 1.54) is 75.7 Å². The van der Waals surface area contributed by atoms with Gasteiger partial charge in [0.1, 0.15) is 32.5 Å². The first-order valence-corrected chi connectivity index (χ1v) is 46.0. The summed E-state index contributed by atoms with van der Waals surface area (Å²) < 4.78 is 4.72. The molecule has 0 bridgehead atoms. The van der Waals surface area contributed by atoms with E-state index >= 15 is 0 Å². The van der Waals surface area contributed by atoms with Crippen molar-refractivity contribution < 1.29 is 78.2 Å². The Hall–Kier alpha value is -15.4. The van der Waals surface area contributed by atoms with E-state index in [4.69, 9.17) is 104 Å². The fourth-order valence-electron chi connectivity index (χ4n) is 13.5. The Balaban J connectivity index is 0.000000169. The van der Waals surface area contributed by atoms with Crippen LogP contribution in [0.25, 0.3) is 43.6 Å². The maximum absolute atomic E-state index is 13.5. The smallest absolute Gasteiger partial charge is 0.394 e. The van der Waals surface area contributed by atoms with Crippen LogP contribution in [0.15, 0.2) is 248 Å². The first-order valence-electron chi connectivity index (χ1n) is 42.2. The van der Waals surface area contributed by atoms with Gasteiger partial charge in [-0.2, -0.15) is 0 Å². The van der Waals surface area contributed by atoms with Crippen LogP contribution in [0.4, 0.5) is 17.2 Å². The summed E-state index contributed by atoms with van der Waals surface area (Å²) in [6.07, 6.45) is 9.01. The highest BCUT2D eigenvalue weighted by Gasteiger charge is 2.36. The number of hydrogen-bond donors (Lipinski definition) is 11. The second kappa shape index (κ2) is 50.2. The summed E-state index contributed by atoms with van der Waals surface area (Å²) in [5.74, 6) is -9.32. The average Bonchev–Trinajstić information content (AvgIpc) is 1.25. The van der Waals surface area contributed by atoms with Crippen LogP contribution in [-0.4, -0.2) is 168 Å². The fraction of sp³-hybridized carbons (Fsp3) is 0.119. The number of esters is 2. The summed E-state index contributed by atoms with van der Waals surface area (Å²) in [4.78, 5) is 158. The lowest BCUT2D eigenvalue weighted by molar-refractivity contribution is -0.154. The molecule has 0 saturated heterocycles. The van der Waals surface area contributed by atoms with E-state index < -0.39 is 70.8 Å². The van der Waals surface area contributed by atoms with Gasteiger partial charge in [-0.25, -0.2) is 39.3 Å². The topological polar surface area (TPSA) is 490 Å². The molecule has 143 heavy (non-hydrogen) atoms. The van der Waals surface area contributed by atoms with Crippen molar-refractivity contribution in [2.45, 2.75) is 52.9 Å². The van der Waals surface area contributed by atoms with Crippen LogP contribution in [-0.2, 0) is 50.1 Å². The number of aliphatic carboxylic acids is 1. The molecule has 17 rings (SSSR count). The number of amides is 6. The highest BCUT2D eigenvalue weighted by molar-refractivity contribution is 9.10. The third kappa shape index (κ3) is 29.4. The zero-order valence-corrected chi connectivity index (χ0v) is 83.8. The number of hydrogen-bond acceptors (Lipinski definition) is 26. The van der Waals surface area contributed by atoms with Crippen LogP contribution in [0.3, 0.4) is 0 Å². The molecule has 1 unspecified atom stereocenters. The van der Waals surface area contributed by atoms with Gasteiger partial charge in [-0.15, -0.1) is 0 Å². The summed E-state index contributed by atoms with van der Waals surface area (Å²) in [7, 11) is 5.74. The molecule has 0 aliphatic carbocycles. The number of aromatic nitrogens is 9. The SMILES string of the molecule is CN(C)C(=O)C(=O)O.Cc1cccc(C(C(=O)C(=O)N(C)C)c2nc(C(=O)NCc3cc(Cl)cc(Cl)c3)c(O)c3ncccc23)c1.Cc1cccc(N)c1.Cc1cccc(Nc2nc(C(=O)NCc3cc(Cl)cc(Cl)c3)c(O)c3ncccc23)c1.O=C(NCc1cc(Cl)cc(Cl)c1)c1nc(Br)c2cccnc2c1O.O=C(NCc1cc(Cl)cc(Cl)c1)c1ncc2cccnc2c1O.O=C1OC(=O)c2ncccc21. The predicted molar refractivity (Wildman–Crippen MR) is 550 cm³/mol. The van der Waals surface area contributed by atoms with Crippen LogP contribution in [0.5, 0.6) is 23.0 Å². The molecule has 6 amide bonds. The molecule has 1 aliphatic rings. The van der Waals surface area contributed by atoms with Crippen LogP contribution in [0.1, 0.15) is 119 Å². The van der Waals surface area contributed by atoms with Gasteiger partial charge in [0.25, 0.3) is 29.5 Å². The monoisotopic (exact) mass is 2150 g/mol. The molecular weight excluding hydrogens is 2070 g/mol. The van der Waals surface area contributed by atoms with E-state index in [0.717, 1.165) is 44.1 Å². The predicted octanol–water partition coefficient (Wildman–Crippen LogP) is 19.3. The third-order valence-corrected chi connectivity index (χ3v) is 22.4. The number of carboxylic acids is 1. The fourth-order valence-corrected chi connectivity index (χ4v) is 16.3. The minimum atomic E-state index is -1.42. The van der Waals surface area contributed by atoms with Crippen LogP contribution >= 0.6 is 109 Å². The van der Waals surface area contributed by atoms with Crippen molar-refractivity contribution in [1.29, 1.82) is 0 Å². The van der Waals surface area contributed by atoms with Gasteiger partial charge in [-0.1, -0.05) is 147 Å². The molecule has 730 valence electrons. The minimum absolute atomic E-state index is 0.0508. The number of ether oxygens (including phenoxy) is 1. The Morgan fingerprint density at radius 3 is 1.22 bits per heavy atom. The number of aryl methyl sites for hydroxylation is 3. The number of nitrogens with two attached hydrogens (primary N) is 1. The number of carbonyl (C=O) groups is 10. The molecular formula is C101H82BrCl8N17O16. The van der Waals surface area contributed by atoms with Gasteiger partial charge >= 0.3 is 23.8 Å². The Morgan fingerprint density at radius 1 is 0.406 bits per heavy atom. The Bertz CT molecular complexity index is 7480. The van der Waals surface area contributed by atoms with Crippen LogP contribution < -0.4 is 32.3 Å². The zero-order chi connectivity index (χ0) is 104. The Kier molecular flexibility index (Phi) is 37.9. The maximum atomic E-state index is 13.5. The number of ketones is 1. The van der Waals surface area contributed by atoms with Gasteiger partial charge in [0.05, 0.1) is 17.2 Å². The summed E-state index contributed by atoms with van der Waals surface area (Å²) in [5.41, 5.74) is 14.5. The van der Waals surface area contributed by atoms with Gasteiger partial charge in [-0.05, 0) is 233 Å². The average molecular weight is 2150 g/mol. The molecule has 33 nitrogen and oxygen atoms in total. The highest BCUT2D eigenvalue weighted by Crippen LogP contribution is 2.39. The van der Waals surface area contributed by atoms with Crippen molar-refractivity contribution in [2.24, 2.45) is 0 Å². The molecule has 1 aliphatic heterocycles. The second-order valence-electron chi connectivity index (χ2n) is 31.3. The Labute approximate surface area is 863 Å². The number of benzene rings is 7. The number of nitrogens with zero attached hydrogens (tertiary/aromatic N) is 11. The molecule has 0 radical (unpaired) electrons. The van der Waals surface area contributed by atoms with Crippen molar-refractivity contribution in [3.05, 3.63) is 372 Å². The van der Waals surface area contributed by atoms with Crippen molar-refractivity contribution in [2.75, 3.05) is 39.2 Å². The van der Waals surface area contributed by atoms with E-state index in [1.807, 2.05) is 75.4 Å². The van der Waals surface area contributed by atoms with Gasteiger partial charge in [-0.3, -0.25) is 53.5 Å². The van der Waals surface area contributed by atoms with E-state index in [9.17, 15) is 68.4 Å². The van der Waals surface area contributed by atoms with Crippen LogP contribution in [0, 0.1) is 20.8 Å². The standard InChI is InChI=1S/C28H24Cl2N4O4.C23H18Cl2N4O2.C16H10BrCl2N3O2.C16H11Cl2N3O2.C7H3NO3.C7H9N.C4H7NO3/c1-15-6-4-7-17(10-15)21(25(35)28(38)34(2)3)22-20-8-5-9-31-23(20)26(36)24(33-22)27(37)32-14-16-11-18(29)13-19(30)12-16;1-13-4-2-5-17(8-13)28-22-18-6-3-7-26-19(18)21(30)20(29-22)23(31)27-12-14-9-15(24)11-16(25)10-14;17-15-11-2-1-3-20-12(11)14(23)13(22-15)16(24)21-7-8-4-9(18)6-10(19)5-8;17-11-4-9(5-12(18)6-11)7-21-16(23)14-15(22)13-10(8-20-14)2-1-3-19-13;9-6-4-2-1-3-8-5(4)7(10)11-6;1-6-3-2-4-7(8)5-6;1-5(2)3(6)4(7)8/h4-13,21,36H,14H2,1-3H3,(H,32,37);2-11,30H,12H2,1H3,(H,27,31)(H,28,29);1-6,23H,7H2,(H,21,24);1-6,8,22H,7H2,(H,21,23);1-3H;2-5H,8H2,1H3;1-2H3,(H,7,8). The quantitative estimate of drug-likeness (QED) is 0.0125. The van der Waals surface area contributed by atoms with E-state index in [2.05, 4.69) is 92.1 Å². The Morgan fingerprint density at radius 2 is 0.790 bits per heavy atom. The number of nitrogens with one attached hydrogen (secondary N) is 5. The first-order chi connectivity index (χ1) is 68.1. The number of carbonyl (C=O) groups excluding carboxylic acids is 9. The van der Waals surface area contributed by atoms with E-state index in [1.54, 1.807) is 152 Å². The minimum Gasteiger partial charge on any atom is -0.504 e. The second-order valence-corrected chi connectivity index (χ2v) is 35.5. The maximum Gasteiger partial charge on any atom is 0.394 e. The lowest BCUT2D eigenvalue weighted by Gasteiger charge is -2.21. The summed E-state index contributed by atoms with van der Waals surface area (Å²) in [6, 6.07) is 59.4. The largest absolute Gasteiger partial charge is 0.504 e. The van der Waals surface area contributed by atoms with Crippen molar-refractivity contribution in [3.63, 3.8) is 0 Å². The molecule has 0 spiro atoms. The number of halogens is 9. The highest BCUT2D eigenvalue weighted by atomic mass is 79.9. The molecule has 1 atom stereocenters. The lowest BCUT2D eigenvalue weighted by atomic mass is 9.87. The molecule has 0 fully saturated rings. The van der Waals surface area contributed by atoms with Gasteiger partial charge in [0, 0.05) is 165 Å². The summed E-state index contributed by atoms with van der Waals surface area (Å²) in [5, 5.41) is 70.0. The number of cyclic esters (lactones) is 2.